The van der Waals surface area contributed by atoms with E-state index in [1.54, 1.807) is 0 Å². The Kier molecular flexibility index (Phi) is 6.69. The highest BCUT2D eigenvalue weighted by Crippen LogP contribution is 2.27. The van der Waals surface area contributed by atoms with Crippen LogP contribution in [0.4, 0.5) is 5.82 Å². The molecule has 7 nitrogen and oxygen atoms in total. The van der Waals surface area contributed by atoms with Crippen molar-refractivity contribution < 1.29 is 4.74 Å². The maximum Gasteiger partial charge on any atom is 0.160 e. The topological polar surface area (TPSA) is 76.9 Å². The van der Waals surface area contributed by atoms with Gasteiger partial charge in [-0.05, 0) is 50.6 Å². The first kappa shape index (κ1) is 21.9. The summed E-state index contributed by atoms with van der Waals surface area (Å²) >= 11 is 0. The van der Waals surface area contributed by atoms with Crippen LogP contribution in [-0.4, -0.2) is 53.3 Å². The Balaban J connectivity index is 1.52. The number of nitrogens with one attached hydrogen (secondary N) is 2. The molecule has 166 valence electrons. The van der Waals surface area contributed by atoms with Crippen LogP contribution in [0, 0.1) is 6.92 Å². The predicted octanol–water partition coefficient (Wildman–Crippen LogP) is 4.28. The van der Waals surface area contributed by atoms with Gasteiger partial charge in [-0.1, -0.05) is 19.6 Å². The Morgan fingerprint density at radius 3 is 2.87 bits per heavy atom. The van der Waals surface area contributed by atoms with Gasteiger partial charge in [-0.15, -0.1) is 0 Å². The average Bonchev–Trinajstić information content (AvgIpc) is 3.14. The molecule has 1 unspecified atom stereocenters. The van der Waals surface area contributed by atoms with Crippen molar-refractivity contribution in [2.45, 2.75) is 58.2 Å². The summed E-state index contributed by atoms with van der Waals surface area (Å²) in [5.41, 5.74) is 4.54. The minimum Gasteiger partial charge on any atom is -0.365 e. The molecule has 1 aliphatic heterocycles. The van der Waals surface area contributed by atoms with E-state index in [0.29, 0.717) is 12.8 Å². The van der Waals surface area contributed by atoms with Gasteiger partial charge in [0.1, 0.15) is 18.1 Å². The molecule has 4 heterocycles. The number of rotatable bonds is 8. The third-order valence-electron chi connectivity index (χ3n) is 5.64. The smallest absolute Gasteiger partial charge is 0.160 e. The summed E-state index contributed by atoms with van der Waals surface area (Å²) in [6.07, 6.45) is 6.17. The number of pyridine rings is 1. The Labute approximate surface area is 185 Å². The molecule has 0 aromatic carbocycles. The zero-order valence-corrected chi connectivity index (χ0v) is 20.1. The molecule has 3 aromatic rings. The predicted molar refractivity (Wildman–Crippen MR) is 129 cm³/mol. The lowest BCUT2D eigenvalue weighted by atomic mass is 10.1. The van der Waals surface area contributed by atoms with Crippen molar-refractivity contribution in [2.75, 3.05) is 25.0 Å². The number of aromatic nitrogens is 4. The number of aryl methyl sites for hydroxylation is 1. The van der Waals surface area contributed by atoms with Crippen LogP contribution in [0.3, 0.4) is 0 Å². The number of fused-ring (bicyclic) bond motifs is 1. The summed E-state index contributed by atoms with van der Waals surface area (Å²) < 4.78 is 7.92. The molecule has 1 atom stereocenters. The highest BCUT2D eigenvalue weighted by Gasteiger charge is 2.17. The van der Waals surface area contributed by atoms with Crippen LogP contribution < -0.4 is 10.6 Å². The fraction of sp³-hybridized carbons (Fsp3) is 0.522. The van der Waals surface area contributed by atoms with E-state index in [-0.39, 0.29) is 0 Å². The second-order valence-electron chi connectivity index (χ2n) is 9.63. The quantitative estimate of drug-likeness (QED) is 0.404. The van der Waals surface area contributed by atoms with E-state index in [9.17, 15) is 0 Å². The molecular formula is C23H34N6OSi. The number of hydrogen-bond acceptors (Lipinski definition) is 6. The first-order valence-electron chi connectivity index (χ1n) is 11.2. The molecule has 31 heavy (non-hydrogen) atoms. The van der Waals surface area contributed by atoms with E-state index in [4.69, 9.17) is 19.7 Å². The summed E-state index contributed by atoms with van der Waals surface area (Å²) in [4.78, 5) is 14.4. The highest BCUT2D eigenvalue weighted by atomic mass is 28.3. The average molecular weight is 439 g/mol. The van der Waals surface area contributed by atoms with Crippen molar-refractivity contribution in [3.05, 3.63) is 36.3 Å². The maximum atomic E-state index is 5.90. The van der Waals surface area contributed by atoms with E-state index in [1.165, 1.54) is 6.42 Å². The van der Waals surface area contributed by atoms with Gasteiger partial charge < -0.3 is 19.9 Å². The third kappa shape index (κ3) is 5.69. The molecule has 1 aliphatic rings. The third-order valence-corrected chi connectivity index (χ3v) is 7.34. The zero-order valence-electron chi connectivity index (χ0n) is 19.1. The Morgan fingerprint density at radius 2 is 2.10 bits per heavy atom. The summed E-state index contributed by atoms with van der Waals surface area (Å²) in [6.45, 7) is 12.5. The maximum absolute atomic E-state index is 5.90. The van der Waals surface area contributed by atoms with Crippen LogP contribution in [-0.2, 0) is 11.5 Å². The molecule has 0 radical (unpaired) electrons. The number of hydrogen-bond donors (Lipinski definition) is 2. The van der Waals surface area contributed by atoms with Crippen LogP contribution in [0.15, 0.2) is 30.6 Å². The van der Waals surface area contributed by atoms with Crippen LogP contribution in [0.5, 0.6) is 0 Å². The van der Waals surface area contributed by atoms with Crippen LogP contribution in [0.25, 0.3) is 22.4 Å². The lowest BCUT2D eigenvalue weighted by Gasteiger charge is -2.25. The molecule has 2 N–H and O–H groups in total. The highest BCUT2D eigenvalue weighted by molar-refractivity contribution is 6.76. The number of nitrogens with zero attached hydrogens (tertiary/aromatic N) is 4. The monoisotopic (exact) mass is 438 g/mol. The summed E-state index contributed by atoms with van der Waals surface area (Å²) in [7, 11) is -1.08. The van der Waals surface area contributed by atoms with Crippen LogP contribution in [0.2, 0.25) is 25.7 Å². The second kappa shape index (κ2) is 9.46. The first-order valence-corrected chi connectivity index (χ1v) is 14.9. The summed E-state index contributed by atoms with van der Waals surface area (Å²) in [5, 5.41) is 7.08. The molecular weight excluding hydrogens is 404 g/mol. The Bertz CT molecular complexity index is 1020. The molecule has 4 rings (SSSR count). The van der Waals surface area contributed by atoms with E-state index < -0.39 is 8.07 Å². The van der Waals surface area contributed by atoms with Gasteiger partial charge in [0, 0.05) is 44.7 Å². The minimum absolute atomic E-state index is 0.382. The molecule has 1 saturated heterocycles. The first-order chi connectivity index (χ1) is 14.9. The second-order valence-corrected chi connectivity index (χ2v) is 15.3. The fourth-order valence-electron chi connectivity index (χ4n) is 3.78. The Morgan fingerprint density at radius 1 is 1.23 bits per heavy atom. The SMILES string of the molecule is Cc1ccc(-c2cnc3c(ccn3COCC[Si](C)(C)C)n2)c(NC2CCCNC2)n1. The van der Waals surface area contributed by atoms with Crippen LogP contribution in [0.1, 0.15) is 18.5 Å². The fourth-order valence-corrected chi connectivity index (χ4v) is 4.54. The van der Waals surface area contributed by atoms with Gasteiger partial charge in [-0.25, -0.2) is 15.0 Å². The molecule has 1 fully saturated rings. The number of anilines is 1. The van der Waals surface area contributed by atoms with Crippen LogP contribution >= 0.6 is 0 Å². The van der Waals surface area contributed by atoms with Gasteiger partial charge in [0.2, 0.25) is 0 Å². The van der Waals surface area contributed by atoms with E-state index in [0.717, 1.165) is 66.1 Å². The summed E-state index contributed by atoms with van der Waals surface area (Å²) in [6, 6.07) is 7.67. The number of piperidine rings is 1. The molecule has 8 heteroatoms. The van der Waals surface area contributed by atoms with Crippen molar-refractivity contribution in [3.8, 4) is 11.3 Å². The zero-order chi connectivity index (χ0) is 21.8. The largest absolute Gasteiger partial charge is 0.365 e. The van der Waals surface area contributed by atoms with Crippen molar-refractivity contribution >= 4 is 25.1 Å². The van der Waals surface area contributed by atoms with E-state index in [2.05, 4.69) is 36.3 Å². The molecule has 3 aromatic heterocycles. The van der Waals surface area contributed by atoms with Gasteiger partial charge in [0.05, 0.1) is 11.9 Å². The Hall–Kier alpha value is -2.29. The standard InChI is InChI=1S/C23H34N6OSi/c1-17-7-8-19(22(26-17)27-18-6-5-10-24-14-18)21-15-25-23-20(28-21)9-11-29(23)16-30-12-13-31(2,3)4/h7-9,11,15,18,24H,5-6,10,12-14,16H2,1-4H3,(H,26,27). The lowest BCUT2D eigenvalue weighted by Crippen LogP contribution is -2.38. The van der Waals surface area contributed by atoms with Gasteiger partial charge in [-0.2, -0.15) is 0 Å². The van der Waals surface area contributed by atoms with Crippen molar-refractivity contribution in [1.82, 2.24) is 24.8 Å². The van der Waals surface area contributed by atoms with Gasteiger partial charge in [0.25, 0.3) is 0 Å². The lowest BCUT2D eigenvalue weighted by molar-refractivity contribution is 0.0899. The normalized spacial score (nSPS) is 17.2. The van der Waals surface area contributed by atoms with Gasteiger partial charge >= 0.3 is 0 Å². The van der Waals surface area contributed by atoms with Crippen molar-refractivity contribution in [2.24, 2.45) is 0 Å². The molecule has 0 spiro atoms. The summed E-state index contributed by atoms with van der Waals surface area (Å²) in [5.74, 6) is 0.886. The van der Waals surface area contributed by atoms with Crippen molar-refractivity contribution in [1.29, 1.82) is 0 Å². The molecule has 0 bridgehead atoms. The molecule has 0 saturated carbocycles. The number of ether oxygens (including phenoxy) is 1. The van der Waals surface area contributed by atoms with E-state index >= 15 is 0 Å². The minimum atomic E-state index is -1.08. The van der Waals surface area contributed by atoms with Gasteiger partial charge in [0.15, 0.2) is 5.65 Å². The molecule has 0 aliphatic carbocycles. The molecule has 0 amide bonds. The van der Waals surface area contributed by atoms with Gasteiger partial charge in [-0.3, -0.25) is 0 Å². The van der Waals surface area contributed by atoms with Crippen molar-refractivity contribution in [3.63, 3.8) is 0 Å². The van der Waals surface area contributed by atoms with E-state index in [1.807, 2.05) is 36.0 Å².